The smallest absolute Gasteiger partial charge is 0.272 e. The number of ether oxygens (including phenoxy) is 2. The van der Waals surface area contributed by atoms with Gasteiger partial charge in [-0.1, -0.05) is 11.6 Å². The van der Waals surface area contributed by atoms with Crippen LogP contribution in [0.1, 0.15) is 29.8 Å². The van der Waals surface area contributed by atoms with Crippen molar-refractivity contribution in [3.63, 3.8) is 0 Å². The number of halogens is 1. The van der Waals surface area contributed by atoms with Crippen molar-refractivity contribution in [1.29, 1.82) is 0 Å². The minimum absolute atomic E-state index is 0.0846. The molecular weight excluding hydrogens is 332 g/mol. The molecule has 132 valence electrons. The molecule has 1 N–H and O–H groups in total. The third-order valence-corrected chi connectivity index (χ3v) is 4.90. The van der Waals surface area contributed by atoms with Gasteiger partial charge in [-0.3, -0.25) is 4.79 Å². The van der Waals surface area contributed by atoms with E-state index in [4.69, 9.17) is 21.1 Å². The lowest BCUT2D eigenvalue weighted by atomic mass is 9.99. The second-order valence-electron chi connectivity index (χ2n) is 6.20. The van der Waals surface area contributed by atoms with Gasteiger partial charge in [0.2, 0.25) is 0 Å². The summed E-state index contributed by atoms with van der Waals surface area (Å²) in [6.07, 6.45) is 4.20. The highest BCUT2D eigenvalue weighted by Gasteiger charge is 2.30. The maximum atomic E-state index is 12.5. The largest absolute Gasteiger partial charge is 0.379 e. The molecule has 7 nitrogen and oxygen atoms in total. The molecule has 2 atom stereocenters. The lowest BCUT2D eigenvalue weighted by molar-refractivity contribution is -0.0533. The molecule has 3 heterocycles. The SMILES string of the molecule is COC1COCCC1NC1CCN(C(=O)c2cc(Cl)ncn2)CC1. The van der Waals surface area contributed by atoms with Gasteiger partial charge in [0.1, 0.15) is 17.2 Å². The van der Waals surface area contributed by atoms with Crippen LogP contribution in [-0.4, -0.2) is 72.4 Å². The van der Waals surface area contributed by atoms with Crippen LogP contribution in [0.4, 0.5) is 0 Å². The molecule has 2 aliphatic rings. The number of hydrogen-bond acceptors (Lipinski definition) is 6. The number of methoxy groups -OCH3 is 1. The zero-order valence-electron chi connectivity index (χ0n) is 13.8. The van der Waals surface area contributed by atoms with Crippen LogP contribution in [0.5, 0.6) is 0 Å². The van der Waals surface area contributed by atoms with Crippen molar-refractivity contribution >= 4 is 17.5 Å². The molecule has 0 bridgehead atoms. The molecule has 0 spiro atoms. The molecule has 8 heteroatoms. The van der Waals surface area contributed by atoms with Crippen LogP contribution in [-0.2, 0) is 9.47 Å². The zero-order chi connectivity index (χ0) is 16.9. The normalized spacial score (nSPS) is 25.7. The molecule has 2 fully saturated rings. The number of nitrogens with zero attached hydrogens (tertiary/aromatic N) is 3. The Hall–Kier alpha value is -1.28. The zero-order valence-corrected chi connectivity index (χ0v) is 14.5. The third kappa shape index (κ3) is 4.22. The average Bonchev–Trinajstić information content (AvgIpc) is 2.62. The first kappa shape index (κ1) is 17.5. The van der Waals surface area contributed by atoms with Gasteiger partial charge in [0, 0.05) is 45.0 Å². The van der Waals surface area contributed by atoms with Crippen LogP contribution in [0.2, 0.25) is 5.15 Å². The van der Waals surface area contributed by atoms with E-state index in [-0.39, 0.29) is 17.2 Å². The van der Waals surface area contributed by atoms with E-state index >= 15 is 0 Å². The highest BCUT2D eigenvalue weighted by Crippen LogP contribution is 2.18. The maximum Gasteiger partial charge on any atom is 0.272 e. The summed E-state index contributed by atoms with van der Waals surface area (Å²) in [5.74, 6) is -0.0846. The van der Waals surface area contributed by atoms with E-state index in [1.165, 1.54) is 12.4 Å². The van der Waals surface area contributed by atoms with E-state index < -0.39 is 0 Å². The topological polar surface area (TPSA) is 76.6 Å². The van der Waals surface area contributed by atoms with E-state index in [1.54, 1.807) is 7.11 Å². The van der Waals surface area contributed by atoms with Crippen LogP contribution < -0.4 is 5.32 Å². The Bertz CT molecular complexity index is 566. The summed E-state index contributed by atoms with van der Waals surface area (Å²) in [4.78, 5) is 22.1. The van der Waals surface area contributed by atoms with Gasteiger partial charge in [-0.15, -0.1) is 0 Å². The Labute approximate surface area is 146 Å². The number of rotatable bonds is 4. The molecule has 0 aliphatic carbocycles. The Kier molecular flexibility index (Phi) is 5.99. The monoisotopic (exact) mass is 354 g/mol. The number of nitrogens with one attached hydrogen (secondary N) is 1. The summed E-state index contributed by atoms with van der Waals surface area (Å²) in [5, 5.41) is 3.96. The standard InChI is InChI=1S/C16H23ClN4O3/c1-23-14-9-24-7-4-12(14)20-11-2-5-21(6-3-11)16(22)13-8-15(17)19-10-18-13/h8,10-12,14,20H,2-7,9H2,1H3. The summed E-state index contributed by atoms with van der Waals surface area (Å²) >= 11 is 5.83. The molecule has 0 saturated carbocycles. The Morgan fingerprint density at radius 1 is 1.38 bits per heavy atom. The molecule has 2 aliphatic heterocycles. The third-order valence-electron chi connectivity index (χ3n) is 4.69. The van der Waals surface area contributed by atoms with Crippen LogP contribution >= 0.6 is 11.6 Å². The van der Waals surface area contributed by atoms with Crippen LogP contribution in [0, 0.1) is 0 Å². The Morgan fingerprint density at radius 2 is 2.17 bits per heavy atom. The summed E-state index contributed by atoms with van der Waals surface area (Å²) in [6.45, 7) is 2.82. The van der Waals surface area contributed by atoms with Gasteiger partial charge in [0.15, 0.2) is 0 Å². The van der Waals surface area contributed by atoms with Crippen molar-refractivity contribution in [2.24, 2.45) is 0 Å². The summed E-state index contributed by atoms with van der Waals surface area (Å²) in [6, 6.07) is 2.22. The highest BCUT2D eigenvalue weighted by molar-refractivity contribution is 6.29. The molecule has 3 rings (SSSR count). The van der Waals surface area contributed by atoms with E-state index in [2.05, 4.69) is 15.3 Å². The number of aromatic nitrogens is 2. The first-order valence-corrected chi connectivity index (χ1v) is 8.68. The van der Waals surface area contributed by atoms with Gasteiger partial charge in [-0.05, 0) is 19.3 Å². The van der Waals surface area contributed by atoms with E-state index in [0.29, 0.717) is 37.5 Å². The molecule has 0 radical (unpaired) electrons. The number of amides is 1. The minimum Gasteiger partial charge on any atom is -0.379 e. The number of likely N-dealkylation sites (tertiary alicyclic amines) is 1. The van der Waals surface area contributed by atoms with Gasteiger partial charge in [0.25, 0.3) is 5.91 Å². The summed E-state index contributed by atoms with van der Waals surface area (Å²) in [5.41, 5.74) is 0.352. The van der Waals surface area contributed by atoms with Gasteiger partial charge in [-0.2, -0.15) is 0 Å². The Morgan fingerprint density at radius 3 is 2.88 bits per heavy atom. The molecule has 2 unspecified atom stereocenters. The van der Waals surface area contributed by atoms with E-state index in [9.17, 15) is 4.79 Å². The first-order chi connectivity index (χ1) is 11.7. The fraction of sp³-hybridized carbons (Fsp3) is 0.688. The molecule has 0 aromatic carbocycles. The molecule has 2 saturated heterocycles. The number of carbonyl (C=O) groups is 1. The fourth-order valence-electron chi connectivity index (χ4n) is 3.30. The van der Waals surface area contributed by atoms with Gasteiger partial charge >= 0.3 is 0 Å². The van der Waals surface area contributed by atoms with Crippen molar-refractivity contribution in [3.05, 3.63) is 23.2 Å². The molecule has 1 aromatic rings. The number of piperidine rings is 1. The predicted molar refractivity (Wildman–Crippen MR) is 89.1 cm³/mol. The summed E-state index contributed by atoms with van der Waals surface area (Å²) < 4.78 is 11.0. The molecule has 1 aromatic heterocycles. The van der Waals surface area contributed by atoms with Crippen LogP contribution in [0.25, 0.3) is 0 Å². The van der Waals surface area contributed by atoms with Crippen LogP contribution in [0.3, 0.4) is 0 Å². The van der Waals surface area contributed by atoms with Crippen molar-refractivity contribution < 1.29 is 14.3 Å². The fourth-order valence-corrected chi connectivity index (χ4v) is 3.45. The molecule has 24 heavy (non-hydrogen) atoms. The van der Waals surface area contributed by atoms with Crippen LogP contribution in [0.15, 0.2) is 12.4 Å². The lowest BCUT2D eigenvalue weighted by Crippen LogP contribution is -2.54. The van der Waals surface area contributed by atoms with Gasteiger partial charge < -0.3 is 19.7 Å². The maximum absolute atomic E-state index is 12.5. The molecule has 1 amide bonds. The predicted octanol–water partition coefficient (Wildman–Crippen LogP) is 1.13. The average molecular weight is 355 g/mol. The first-order valence-electron chi connectivity index (χ1n) is 8.31. The van der Waals surface area contributed by atoms with Gasteiger partial charge in [-0.25, -0.2) is 9.97 Å². The van der Waals surface area contributed by atoms with Gasteiger partial charge in [0.05, 0.1) is 12.7 Å². The highest BCUT2D eigenvalue weighted by atomic mass is 35.5. The van der Waals surface area contributed by atoms with Crippen molar-refractivity contribution in [2.75, 3.05) is 33.4 Å². The quantitative estimate of drug-likeness (QED) is 0.817. The van der Waals surface area contributed by atoms with Crippen molar-refractivity contribution in [1.82, 2.24) is 20.2 Å². The van der Waals surface area contributed by atoms with Crippen molar-refractivity contribution in [3.8, 4) is 0 Å². The number of carbonyl (C=O) groups excluding carboxylic acids is 1. The van der Waals surface area contributed by atoms with Crippen molar-refractivity contribution in [2.45, 2.75) is 37.5 Å². The van der Waals surface area contributed by atoms with E-state index in [1.807, 2.05) is 4.90 Å². The number of hydrogen-bond donors (Lipinski definition) is 1. The Balaban J connectivity index is 1.51. The lowest BCUT2D eigenvalue weighted by Gasteiger charge is -2.38. The molecular formula is C16H23ClN4O3. The minimum atomic E-state index is -0.0846. The summed E-state index contributed by atoms with van der Waals surface area (Å²) in [7, 11) is 1.72. The second-order valence-corrected chi connectivity index (χ2v) is 6.59. The second kappa shape index (κ2) is 8.20. The van der Waals surface area contributed by atoms with E-state index in [0.717, 1.165) is 25.9 Å².